The summed E-state index contributed by atoms with van der Waals surface area (Å²) in [4.78, 5) is 0. The number of hydrogen-bond acceptors (Lipinski definition) is 1. The molecule has 0 bridgehead atoms. The average molecular weight is 162 g/mol. The zero-order chi connectivity index (χ0) is 9.56. The van der Waals surface area contributed by atoms with Gasteiger partial charge >= 0.3 is 0 Å². The monoisotopic (exact) mass is 162 g/mol. The van der Waals surface area contributed by atoms with E-state index in [2.05, 4.69) is 0 Å². The van der Waals surface area contributed by atoms with Crippen LogP contribution in [0.2, 0.25) is 0 Å². The topological polar surface area (TPSA) is 9.23 Å². The van der Waals surface area contributed by atoms with E-state index in [9.17, 15) is 0 Å². The van der Waals surface area contributed by atoms with Gasteiger partial charge in [-0.15, -0.1) is 0 Å². The van der Waals surface area contributed by atoms with Crippen LogP contribution in [0.3, 0.4) is 0 Å². The summed E-state index contributed by atoms with van der Waals surface area (Å²) in [6.45, 7) is 5.96. The molecule has 64 valence electrons. The maximum absolute atomic E-state index is 5.59. The minimum Gasteiger partial charge on any atom is -0.497 e. The van der Waals surface area contributed by atoms with Crippen molar-refractivity contribution >= 4 is 13.3 Å². The molecule has 0 N–H and O–H groups in total. The van der Waals surface area contributed by atoms with Gasteiger partial charge in [0.2, 0.25) is 0 Å². The van der Waals surface area contributed by atoms with Gasteiger partial charge in [0.05, 0.1) is 7.11 Å². The Balaban J connectivity index is 0.000000561. The second-order valence-electron chi connectivity index (χ2n) is 2.22. The van der Waals surface area contributed by atoms with Gasteiger partial charge in [-0.05, 0) is 19.1 Å². The molecule has 0 aliphatic heterocycles. The first-order valence-corrected chi connectivity index (χ1v) is 4.14. The van der Waals surface area contributed by atoms with Crippen molar-refractivity contribution in [3.8, 4) is 5.75 Å². The summed E-state index contributed by atoms with van der Waals surface area (Å²) in [5.41, 5.74) is 1.86. The van der Waals surface area contributed by atoms with Crippen LogP contribution < -0.4 is 10.2 Å². The number of aryl methyl sites for hydroxylation is 1. The molecule has 0 saturated carbocycles. The Labute approximate surface area is 76.2 Å². The van der Waals surface area contributed by atoms with E-state index < -0.39 is 0 Å². The van der Waals surface area contributed by atoms with Crippen LogP contribution in [0.25, 0.3) is 0 Å². The Bertz CT molecular complexity index is 233. The molecule has 1 nitrogen and oxygen atoms in total. The zero-order valence-electron chi connectivity index (χ0n) is 8.22. The summed E-state index contributed by atoms with van der Waals surface area (Å²) < 4.78 is 4.99. The van der Waals surface area contributed by atoms with Crippen molar-refractivity contribution in [1.29, 1.82) is 0 Å². The van der Waals surface area contributed by atoms with Crippen LogP contribution in [0.1, 0.15) is 19.4 Å². The fraction of sp³-hybridized carbons (Fsp3) is 0.400. The normalized spacial score (nSPS) is 8.33. The first kappa shape index (κ1) is 11.1. The highest BCUT2D eigenvalue weighted by Crippen LogP contribution is 2.08. The smallest absolute Gasteiger partial charge is 0.119 e. The molecule has 0 amide bonds. The van der Waals surface area contributed by atoms with E-state index in [0.29, 0.717) is 0 Å². The molecule has 0 aromatic heterocycles. The Kier molecular flexibility index (Phi) is 5.26. The van der Waals surface area contributed by atoms with Crippen molar-refractivity contribution in [1.82, 2.24) is 0 Å². The maximum atomic E-state index is 5.59. The van der Waals surface area contributed by atoms with E-state index in [1.165, 1.54) is 0 Å². The second kappa shape index (κ2) is 5.70. The highest BCUT2D eigenvalue weighted by molar-refractivity contribution is 6.33. The van der Waals surface area contributed by atoms with Crippen LogP contribution in [0.4, 0.5) is 0 Å². The van der Waals surface area contributed by atoms with Crippen molar-refractivity contribution < 1.29 is 4.74 Å². The summed E-state index contributed by atoms with van der Waals surface area (Å²) in [6, 6.07) is 5.60. The zero-order valence-corrected chi connectivity index (χ0v) is 8.22. The van der Waals surface area contributed by atoms with Crippen LogP contribution in [-0.4, -0.2) is 15.0 Å². The third-order valence-corrected chi connectivity index (χ3v) is 1.48. The lowest BCUT2D eigenvalue weighted by Gasteiger charge is -2.02. The average Bonchev–Trinajstić information content (AvgIpc) is 2.13. The molecular formula is C10H15BO. The van der Waals surface area contributed by atoms with E-state index in [-0.39, 0.29) is 0 Å². The SMILES string of the molecule is CC.[B]c1ccc(OC)cc1C. The largest absolute Gasteiger partial charge is 0.497 e. The summed E-state index contributed by atoms with van der Waals surface area (Å²) >= 11 is 0. The number of methoxy groups -OCH3 is 1. The predicted octanol–water partition coefficient (Wildman–Crippen LogP) is 1.82. The molecule has 0 atom stereocenters. The lowest BCUT2D eigenvalue weighted by atomic mass is 9.91. The molecule has 2 heteroatoms. The third-order valence-electron chi connectivity index (χ3n) is 1.48. The molecule has 0 aliphatic carbocycles. The number of ether oxygens (including phenoxy) is 1. The van der Waals surface area contributed by atoms with Crippen LogP contribution in [0.5, 0.6) is 5.75 Å². The van der Waals surface area contributed by atoms with Gasteiger partial charge in [0.25, 0.3) is 0 Å². The van der Waals surface area contributed by atoms with E-state index in [0.717, 1.165) is 16.8 Å². The summed E-state index contributed by atoms with van der Waals surface area (Å²) in [5.74, 6) is 0.853. The second-order valence-corrected chi connectivity index (χ2v) is 2.22. The first-order valence-electron chi connectivity index (χ1n) is 4.14. The van der Waals surface area contributed by atoms with E-state index >= 15 is 0 Å². The fourth-order valence-electron chi connectivity index (χ4n) is 0.775. The van der Waals surface area contributed by atoms with Gasteiger partial charge in [-0.1, -0.05) is 30.9 Å². The molecule has 0 aliphatic rings. The minimum atomic E-state index is 0.806. The van der Waals surface area contributed by atoms with Crippen molar-refractivity contribution in [2.75, 3.05) is 7.11 Å². The standard InChI is InChI=1S/C8H9BO.C2H6/c1-6-5-7(10-2)3-4-8(6)9;1-2/h3-5H,1-2H3;1-2H3. The van der Waals surface area contributed by atoms with Gasteiger partial charge in [-0.3, -0.25) is 0 Å². The van der Waals surface area contributed by atoms with Crippen LogP contribution in [0, 0.1) is 6.92 Å². The Morgan fingerprint density at radius 2 is 1.83 bits per heavy atom. The van der Waals surface area contributed by atoms with E-state index in [4.69, 9.17) is 12.6 Å². The Hall–Kier alpha value is -0.915. The van der Waals surface area contributed by atoms with Crippen molar-refractivity contribution in [2.45, 2.75) is 20.8 Å². The quantitative estimate of drug-likeness (QED) is 0.572. The molecular weight excluding hydrogens is 147 g/mol. The number of benzene rings is 1. The fourth-order valence-corrected chi connectivity index (χ4v) is 0.775. The molecule has 0 saturated heterocycles. The number of hydrogen-bond donors (Lipinski definition) is 0. The summed E-state index contributed by atoms with van der Waals surface area (Å²) in [6.07, 6.45) is 0. The highest BCUT2D eigenvalue weighted by atomic mass is 16.5. The molecule has 1 aromatic rings. The number of rotatable bonds is 1. The Morgan fingerprint density at radius 1 is 1.25 bits per heavy atom. The van der Waals surface area contributed by atoms with Gasteiger partial charge < -0.3 is 4.74 Å². The van der Waals surface area contributed by atoms with Gasteiger partial charge in [0.1, 0.15) is 13.6 Å². The van der Waals surface area contributed by atoms with Crippen molar-refractivity contribution in [3.63, 3.8) is 0 Å². The van der Waals surface area contributed by atoms with Crippen molar-refractivity contribution in [3.05, 3.63) is 23.8 Å². The van der Waals surface area contributed by atoms with E-state index in [1.54, 1.807) is 7.11 Å². The van der Waals surface area contributed by atoms with Gasteiger partial charge in [0.15, 0.2) is 0 Å². The molecule has 2 radical (unpaired) electrons. The minimum absolute atomic E-state index is 0.806. The third kappa shape index (κ3) is 2.99. The summed E-state index contributed by atoms with van der Waals surface area (Å²) in [5, 5.41) is 0. The maximum Gasteiger partial charge on any atom is 0.119 e. The van der Waals surface area contributed by atoms with Crippen LogP contribution >= 0.6 is 0 Å². The predicted molar refractivity (Wildman–Crippen MR) is 54.5 cm³/mol. The van der Waals surface area contributed by atoms with Crippen molar-refractivity contribution in [2.24, 2.45) is 0 Å². The molecule has 0 heterocycles. The van der Waals surface area contributed by atoms with Gasteiger partial charge in [-0.25, -0.2) is 0 Å². The molecule has 1 aromatic carbocycles. The molecule has 0 unspecified atom stereocenters. The summed E-state index contributed by atoms with van der Waals surface area (Å²) in [7, 11) is 7.23. The van der Waals surface area contributed by atoms with Crippen LogP contribution in [-0.2, 0) is 0 Å². The lowest BCUT2D eigenvalue weighted by molar-refractivity contribution is 0.414. The molecule has 0 fully saturated rings. The van der Waals surface area contributed by atoms with E-state index in [1.807, 2.05) is 39.0 Å². The highest BCUT2D eigenvalue weighted by Gasteiger charge is 1.92. The van der Waals surface area contributed by atoms with Gasteiger partial charge in [0, 0.05) is 0 Å². The first-order chi connectivity index (χ1) is 5.74. The van der Waals surface area contributed by atoms with Crippen LogP contribution in [0.15, 0.2) is 18.2 Å². The van der Waals surface area contributed by atoms with Gasteiger partial charge in [-0.2, -0.15) is 0 Å². The Morgan fingerprint density at radius 3 is 2.25 bits per heavy atom. The lowest BCUT2D eigenvalue weighted by Crippen LogP contribution is -2.05. The molecule has 0 spiro atoms. The molecule has 1 rings (SSSR count). The molecule has 12 heavy (non-hydrogen) atoms.